The Balaban J connectivity index is 1.88. The fraction of sp³-hybridized carbons (Fsp3) is 0.643. The van der Waals surface area contributed by atoms with Gasteiger partial charge in [0.2, 0.25) is 5.91 Å². The minimum absolute atomic E-state index is 0.00719. The first-order valence-corrected chi connectivity index (χ1v) is 7.62. The topological polar surface area (TPSA) is 55.1 Å². The van der Waals surface area contributed by atoms with E-state index in [4.69, 9.17) is 5.73 Å². The van der Waals surface area contributed by atoms with Gasteiger partial charge in [-0.25, -0.2) is 0 Å². The lowest BCUT2D eigenvalue weighted by atomic mass is 9.94. The fourth-order valence-electron chi connectivity index (χ4n) is 2.55. The molecule has 2 rings (SSSR count). The largest absolute Gasteiger partial charge is 0.351 e. The maximum atomic E-state index is 12.2. The van der Waals surface area contributed by atoms with E-state index in [1.54, 1.807) is 11.3 Å². The standard InChI is InChI=1S/C14H22N2OS/c1-10-7-8-18-13(10)9-16-14(17)11-5-3-2-4-6-12(11)15/h7-8,11-12H,2-6,9,15H2,1H3,(H,16,17). The normalized spacial score (nSPS) is 24.6. The van der Waals surface area contributed by atoms with Crippen molar-refractivity contribution >= 4 is 17.2 Å². The second kappa shape index (κ2) is 6.34. The van der Waals surface area contributed by atoms with Crippen molar-refractivity contribution in [1.29, 1.82) is 0 Å². The lowest BCUT2D eigenvalue weighted by molar-refractivity contribution is -0.125. The first-order valence-electron chi connectivity index (χ1n) is 6.74. The smallest absolute Gasteiger partial charge is 0.224 e. The van der Waals surface area contributed by atoms with E-state index in [0.29, 0.717) is 6.54 Å². The van der Waals surface area contributed by atoms with E-state index in [-0.39, 0.29) is 17.9 Å². The van der Waals surface area contributed by atoms with Crippen LogP contribution >= 0.6 is 11.3 Å². The van der Waals surface area contributed by atoms with Crippen LogP contribution in [0.3, 0.4) is 0 Å². The Labute approximate surface area is 113 Å². The molecule has 1 aromatic rings. The third kappa shape index (κ3) is 3.33. The molecule has 4 heteroatoms. The van der Waals surface area contributed by atoms with Gasteiger partial charge in [0.25, 0.3) is 0 Å². The Kier molecular flexibility index (Phi) is 4.78. The lowest BCUT2D eigenvalue weighted by Gasteiger charge is -2.20. The van der Waals surface area contributed by atoms with Gasteiger partial charge in [-0.2, -0.15) is 0 Å². The first kappa shape index (κ1) is 13.6. The minimum Gasteiger partial charge on any atom is -0.351 e. The molecule has 1 saturated carbocycles. The zero-order chi connectivity index (χ0) is 13.0. The molecule has 1 heterocycles. The molecular formula is C14H22N2OS. The van der Waals surface area contributed by atoms with Crippen LogP contribution < -0.4 is 11.1 Å². The molecule has 0 aliphatic heterocycles. The maximum absolute atomic E-state index is 12.2. The average molecular weight is 266 g/mol. The van der Waals surface area contributed by atoms with Crippen LogP contribution in [0, 0.1) is 12.8 Å². The molecule has 3 N–H and O–H groups in total. The average Bonchev–Trinajstić information content (AvgIpc) is 2.63. The van der Waals surface area contributed by atoms with E-state index < -0.39 is 0 Å². The van der Waals surface area contributed by atoms with Crippen LogP contribution in [0.25, 0.3) is 0 Å². The molecule has 0 radical (unpaired) electrons. The van der Waals surface area contributed by atoms with Crippen LogP contribution in [0.5, 0.6) is 0 Å². The SMILES string of the molecule is Cc1ccsc1CNC(=O)C1CCCCCC1N. The predicted molar refractivity (Wildman–Crippen MR) is 75.5 cm³/mol. The van der Waals surface area contributed by atoms with Crippen LogP contribution in [0.2, 0.25) is 0 Å². The van der Waals surface area contributed by atoms with Gasteiger partial charge < -0.3 is 11.1 Å². The maximum Gasteiger partial charge on any atom is 0.224 e. The number of carbonyl (C=O) groups excluding carboxylic acids is 1. The van der Waals surface area contributed by atoms with Crippen LogP contribution in [0.4, 0.5) is 0 Å². The molecule has 100 valence electrons. The van der Waals surface area contributed by atoms with Gasteiger partial charge >= 0.3 is 0 Å². The number of carbonyl (C=O) groups is 1. The van der Waals surface area contributed by atoms with Gasteiger partial charge in [-0.05, 0) is 36.8 Å². The van der Waals surface area contributed by atoms with E-state index in [1.807, 2.05) is 0 Å². The van der Waals surface area contributed by atoms with Gasteiger partial charge in [-0.1, -0.05) is 19.3 Å². The van der Waals surface area contributed by atoms with Crippen molar-refractivity contribution in [1.82, 2.24) is 5.32 Å². The van der Waals surface area contributed by atoms with Crippen molar-refractivity contribution in [3.05, 3.63) is 21.9 Å². The molecule has 18 heavy (non-hydrogen) atoms. The highest BCUT2D eigenvalue weighted by Gasteiger charge is 2.26. The number of nitrogens with two attached hydrogens (primary N) is 1. The third-order valence-corrected chi connectivity index (χ3v) is 4.82. The van der Waals surface area contributed by atoms with Crippen LogP contribution in [-0.2, 0) is 11.3 Å². The van der Waals surface area contributed by atoms with E-state index in [0.717, 1.165) is 25.7 Å². The summed E-state index contributed by atoms with van der Waals surface area (Å²) in [6.45, 7) is 2.72. The molecule has 3 nitrogen and oxygen atoms in total. The molecule has 1 aromatic heterocycles. The van der Waals surface area contributed by atoms with Gasteiger partial charge in [-0.15, -0.1) is 11.3 Å². The highest BCUT2D eigenvalue weighted by atomic mass is 32.1. The summed E-state index contributed by atoms with van der Waals surface area (Å²) >= 11 is 1.70. The predicted octanol–water partition coefficient (Wildman–Crippen LogP) is 2.58. The van der Waals surface area contributed by atoms with Crippen molar-refractivity contribution in [2.45, 2.75) is 51.6 Å². The molecule has 1 aliphatic rings. The highest BCUT2D eigenvalue weighted by molar-refractivity contribution is 7.10. The molecular weight excluding hydrogens is 244 g/mol. The third-order valence-electron chi connectivity index (χ3n) is 3.80. The number of rotatable bonds is 3. The van der Waals surface area contributed by atoms with Gasteiger partial charge in [0.05, 0.1) is 12.5 Å². The van der Waals surface area contributed by atoms with Gasteiger partial charge in [0.15, 0.2) is 0 Å². The number of nitrogens with one attached hydrogen (secondary N) is 1. The van der Waals surface area contributed by atoms with Crippen LogP contribution in [0.15, 0.2) is 11.4 Å². The molecule has 0 aromatic carbocycles. The number of amides is 1. The fourth-order valence-corrected chi connectivity index (χ4v) is 3.39. The van der Waals surface area contributed by atoms with Crippen molar-refractivity contribution in [3.63, 3.8) is 0 Å². The molecule has 1 amide bonds. The Morgan fingerprint density at radius 3 is 2.94 bits per heavy atom. The van der Waals surface area contributed by atoms with Crippen molar-refractivity contribution in [3.8, 4) is 0 Å². The van der Waals surface area contributed by atoms with E-state index in [2.05, 4.69) is 23.7 Å². The molecule has 1 aliphatic carbocycles. The van der Waals surface area contributed by atoms with E-state index in [9.17, 15) is 4.79 Å². The van der Waals surface area contributed by atoms with Crippen molar-refractivity contribution in [2.24, 2.45) is 11.7 Å². The van der Waals surface area contributed by atoms with Gasteiger partial charge in [-0.3, -0.25) is 4.79 Å². The highest BCUT2D eigenvalue weighted by Crippen LogP contribution is 2.23. The Hall–Kier alpha value is -0.870. The summed E-state index contributed by atoms with van der Waals surface area (Å²) in [5.74, 6) is 0.143. The van der Waals surface area contributed by atoms with Crippen molar-refractivity contribution < 1.29 is 4.79 Å². The van der Waals surface area contributed by atoms with E-state index in [1.165, 1.54) is 16.9 Å². The number of thiophene rings is 1. The molecule has 0 spiro atoms. The van der Waals surface area contributed by atoms with Crippen molar-refractivity contribution in [2.75, 3.05) is 0 Å². The summed E-state index contributed by atoms with van der Waals surface area (Å²) in [6.07, 6.45) is 5.42. The molecule has 2 unspecified atom stereocenters. The zero-order valence-electron chi connectivity index (χ0n) is 10.9. The summed E-state index contributed by atoms with van der Waals surface area (Å²) < 4.78 is 0. The molecule has 0 bridgehead atoms. The minimum atomic E-state index is 0.00719. The second-order valence-electron chi connectivity index (χ2n) is 5.15. The van der Waals surface area contributed by atoms with Crippen LogP contribution in [0.1, 0.15) is 42.5 Å². The Bertz CT molecular complexity index is 402. The molecule has 0 saturated heterocycles. The Morgan fingerprint density at radius 1 is 1.44 bits per heavy atom. The number of hydrogen-bond donors (Lipinski definition) is 2. The molecule has 2 atom stereocenters. The van der Waals surface area contributed by atoms with Crippen LogP contribution in [-0.4, -0.2) is 11.9 Å². The summed E-state index contributed by atoms with van der Waals surface area (Å²) in [5.41, 5.74) is 7.36. The van der Waals surface area contributed by atoms with Gasteiger partial charge in [0.1, 0.15) is 0 Å². The number of hydrogen-bond acceptors (Lipinski definition) is 3. The Morgan fingerprint density at radius 2 is 2.22 bits per heavy atom. The first-order chi connectivity index (χ1) is 8.68. The summed E-state index contributed by atoms with van der Waals surface area (Å²) in [5, 5.41) is 5.11. The zero-order valence-corrected chi connectivity index (χ0v) is 11.8. The van der Waals surface area contributed by atoms with Gasteiger partial charge in [0, 0.05) is 10.9 Å². The summed E-state index contributed by atoms with van der Waals surface area (Å²) in [4.78, 5) is 13.4. The van der Waals surface area contributed by atoms with E-state index >= 15 is 0 Å². The molecule has 1 fully saturated rings. The quantitative estimate of drug-likeness (QED) is 0.826. The number of aryl methyl sites for hydroxylation is 1. The second-order valence-corrected chi connectivity index (χ2v) is 6.15. The summed E-state index contributed by atoms with van der Waals surface area (Å²) in [7, 11) is 0. The summed E-state index contributed by atoms with van der Waals surface area (Å²) in [6, 6.07) is 2.13. The lowest BCUT2D eigenvalue weighted by Crippen LogP contribution is -2.41. The monoisotopic (exact) mass is 266 g/mol.